The maximum atomic E-state index is 12.1. The Balaban J connectivity index is 2.07. The van der Waals surface area contributed by atoms with E-state index in [1.807, 2.05) is 35.2 Å². The second kappa shape index (κ2) is 4.69. The molecule has 0 radical (unpaired) electrons. The van der Waals surface area contributed by atoms with Gasteiger partial charge < -0.3 is 4.90 Å². The van der Waals surface area contributed by atoms with Crippen LogP contribution in [0.15, 0.2) is 36.5 Å². The Labute approximate surface area is 114 Å². The van der Waals surface area contributed by atoms with Gasteiger partial charge in [0.1, 0.15) is 0 Å². The minimum Gasteiger partial charge on any atom is -0.311 e. The third kappa shape index (κ3) is 1.90. The molecule has 1 aromatic heterocycles. The van der Waals surface area contributed by atoms with E-state index < -0.39 is 0 Å². The SMILES string of the molecule is O=C1CC(CBr)CN1c1ccnc2ccccc12. The van der Waals surface area contributed by atoms with Crippen molar-refractivity contribution in [3.05, 3.63) is 36.5 Å². The van der Waals surface area contributed by atoms with Crippen LogP contribution in [-0.2, 0) is 4.79 Å². The van der Waals surface area contributed by atoms with Gasteiger partial charge in [-0.3, -0.25) is 9.78 Å². The van der Waals surface area contributed by atoms with Crippen LogP contribution < -0.4 is 4.90 Å². The van der Waals surface area contributed by atoms with Crippen LogP contribution in [0, 0.1) is 5.92 Å². The van der Waals surface area contributed by atoms with E-state index in [2.05, 4.69) is 20.9 Å². The molecule has 0 saturated carbocycles. The zero-order chi connectivity index (χ0) is 12.5. The number of para-hydroxylation sites is 1. The van der Waals surface area contributed by atoms with Crippen LogP contribution in [0.25, 0.3) is 10.9 Å². The van der Waals surface area contributed by atoms with E-state index in [4.69, 9.17) is 0 Å². The highest BCUT2D eigenvalue weighted by molar-refractivity contribution is 9.09. The number of pyridine rings is 1. The molecule has 18 heavy (non-hydrogen) atoms. The van der Waals surface area contributed by atoms with E-state index in [9.17, 15) is 4.79 Å². The number of carbonyl (C=O) groups is 1. The third-order valence-electron chi connectivity index (χ3n) is 3.34. The second-order valence-corrected chi connectivity index (χ2v) is 5.22. The Bertz CT molecular complexity index is 594. The standard InChI is InChI=1S/C14H13BrN2O/c15-8-10-7-14(18)17(9-10)13-5-6-16-12-4-2-1-3-11(12)13/h1-6,10H,7-9H2. The van der Waals surface area contributed by atoms with Gasteiger partial charge in [0.25, 0.3) is 0 Å². The molecular formula is C14H13BrN2O. The predicted octanol–water partition coefficient (Wildman–Crippen LogP) is 2.98. The van der Waals surface area contributed by atoms with E-state index in [1.165, 1.54) is 0 Å². The smallest absolute Gasteiger partial charge is 0.227 e. The van der Waals surface area contributed by atoms with E-state index >= 15 is 0 Å². The van der Waals surface area contributed by atoms with Gasteiger partial charge in [0, 0.05) is 29.9 Å². The normalized spacial score (nSPS) is 19.7. The number of benzene rings is 1. The molecule has 0 N–H and O–H groups in total. The third-order valence-corrected chi connectivity index (χ3v) is 4.26. The second-order valence-electron chi connectivity index (χ2n) is 4.58. The van der Waals surface area contributed by atoms with Gasteiger partial charge in [-0.05, 0) is 18.1 Å². The van der Waals surface area contributed by atoms with Crippen molar-refractivity contribution in [3.8, 4) is 0 Å². The van der Waals surface area contributed by atoms with Gasteiger partial charge in [-0.15, -0.1) is 0 Å². The van der Waals surface area contributed by atoms with Crippen molar-refractivity contribution >= 4 is 38.4 Å². The van der Waals surface area contributed by atoms with Gasteiger partial charge in [-0.2, -0.15) is 0 Å². The lowest BCUT2D eigenvalue weighted by Crippen LogP contribution is -2.24. The number of halogens is 1. The van der Waals surface area contributed by atoms with Crippen LogP contribution in [0.1, 0.15) is 6.42 Å². The van der Waals surface area contributed by atoms with Crippen molar-refractivity contribution < 1.29 is 4.79 Å². The summed E-state index contributed by atoms with van der Waals surface area (Å²) in [7, 11) is 0. The summed E-state index contributed by atoms with van der Waals surface area (Å²) in [6.07, 6.45) is 2.40. The zero-order valence-electron chi connectivity index (χ0n) is 9.84. The molecule has 2 heterocycles. The van der Waals surface area contributed by atoms with Gasteiger partial charge in [0.05, 0.1) is 11.2 Å². The number of amides is 1. The topological polar surface area (TPSA) is 33.2 Å². The Kier molecular flexibility index (Phi) is 3.04. The van der Waals surface area contributed by atoms with Gasteiger partial charge in [0.2, 0.25) is 5.91 Å². The Morgan fingerprint density at radius 1 is 1.33 bits per heavy atom. The fourth-order valence-corrected chi connectivity index (χ4v) is 2.87. The molecule has 0 spiro atoms. The Morgan fingerprint density at radius 3 is 2.94 bits per heavy atom. The first-order valence-electron chi connectivity index (χ1n) is 5.99. The molecule has 4 heteroatoms. The minimum absolute atomic E-state index is 0.204. The summed E-state index contributed by atoms with van der Waals surface area (Å²) in [6.45, 7) is 0.790. The summed E-state index contributed by atoms with van der Waals surface area (Å²) in [4.78, 5) is 18.3. The quantitative estimate of drug-likeness (QED) is 0.799. The molecule has 1 saturated heterocycles. The number of carbonyl (C=O) groups excluding carboxylic acids is 1. The van der Waals surface area contributed by atoms with Crippen LogP contribution in [0.3, 0.4) is 0 Å². The molecule has 1 fully saturated rings. The summed E-state index contributed by atoms with van der Waals surface area (Å²) in [5.41, 5.74) is 1.92. The van der Waals surface area contributed by atoms with Crippen LogP contribution >= 0.6 is 15.9 Å². The zero-order valence-corrected chi connectivity index (χ0v) is 11.4. The lowest BCUT2D eigenvalue weighted by Gasteiger charge is -2.18. The van der Waals surface area contributed by atoms with Crippen molar-refractivity contribution in [1.82, 2.24) is 4.98 Å². The molecule has 0 bridgehead atoms. The molecule has 3 nitrogen and oxygen atoms in total. The monoisotopic (exact) mass is 304 g/mol. The van der Waals surface area contributed by atoms with Crippen molar-refractivity contribution in [1.29, 1.82) is 0 Å². The molecule has 2 aromatic rings. The Morgan fingerprint density at radius 2 is 2.17 bits per heavy atom. The largest absolute Gasteiger partial charge is 0.311 e. The fraction of sp³-hybridized carbons (Fsp3) is 0.286. The minimum atomic E-state index is 0.204. The summed E-state index contributed by atoms with van der Waals surface area (Å²) in [5, 5.41) is 1.92. The van der Waals surface area contributed by atoms with E-state index in [1.54, 1.807) is 6.20 Å². The van der Waals surface area contributed by atoms with Gasteiger partial charge >= 0.3 is 0 Å². The number of anilines is 1. The van der Waals surface area contributed by atoms with Crippen LogP contribution in [0.5, 0.6) is 0 Å². The summed E-state index contributed by atoms with van der Waals surface area (Å²) in [6, 6.07) is 9.87. The predicted molar refractivity (Wildman–Crippen MR) is 76.0 cm³/mol. The summed E-state index contributed by atoms with van der Waals surface area (Å²) < 4.78 is 0. The molecule has 1 aliphatic rings. The number of hydrogen-bond acceptors (Lipinski definition) is 2. The molecule has 92 valence electrons. The lowest BCUT2D eigenvalue weighted by molar-refractivity contribution is -0.117. The summed E-state index contributed by atoms with van der Waals surface area (Å²) >= 11 is 3.46. The maximum absolute atomic E-state index is 12.1. The van der Waals surface area contributed by atoms with Crippen molar-refractivity contribution in [2.75, 3.05) is 16.8 Å². The highest BCUT2D eigenvalue weighted by atomic mass is 79.9. The van der Waals surface area contributed by atoms with Gasteiger partial charge in [0.15, 0.2) is 0 Å². The molecule has 1 aliphatic heterocycles. The van der Waals surface area contributed by atoms with E-state index in [0.717, 1.165) is 28.5 Å². The molecule has 1 aromatic carbocycles. The first kappa shape index (κ1) is 11.7. The number of alkyl halides is 1. The maximum Gasteiger partial charge on any atom is 0.227 e. The highest BCUT2D eigenvalue weighted by Crippen LogP contribution is 2.31. The van der Waals surface area contributed by atoms with E-state index in [0.29, 0.717) is 12.3 Å². The summed E-state index contributed by atoms with van der Waals surface area (Å²) in [5.74, 6) is 0.611. The molecule has 0 aliphatic carbocycles. The average molecular weight is 305 g/mol. The van der Waals surface area contributed by atoms with Gasteiger partial charge in [-0.1, -0.05) is 34.1 Å². The highest BCUT2D eigenvalue weighted by Gasteiger charge is 2.30. The number of aromatic nitrogens is 1. The van der Waals surface area contributed by atoms with Crippen LogP contribution in [0.2, 0.25) is 0 Å². The van der Waals surface area contributed by atoms with Crippen molar-refractivity contribution in [2.45, 2.75) is 6.42 Å². The molecule has 1 amide bonds. The fourth-order valence-electron chi connectivity index (χ4n) is 2.43. The molecule has 3 rings (SSSR count). The number of fused-ring (bicyclic) bond motifs is 1. The van der Waals surface area contributed by atoms with Crippen LogP contribution in [-0.4, -0.2) is 22.8 Å². The van der Waals surface area contributed by atoms with Gasteiger partial charge in [-0.25, -0.2) is 0 Å². The lowest BCUT2D eigenvalue weighted by atomic mass is 10.1. The molecule has 1 atom stereocenters. The number of rotatable bonds is 2. The molecule has 1 unspecified atom stereocenters. The number of hydrogen-bond donors (Lipinski definition) is 0. The number of nitrogens with zero attached hydrogens (tertiary/aromatic N) is 2. The first-order valence-corrected chi connectivity index (χ1v) is 7.12. The van der Waals surface area contributed by atoms with Crippen LogP contribution in [0.4, 0.5) is 5.69 Å². The Hall–Kier alpha value is -1.42. The van der Waals surface area contributed by atoms with Crippen molar-refractivity contribution in [3.63, 3.8) is 0 Å². The molecular weight excluding hydrogens is 292 g/mol. The van der Waals surface area contributed by atoms with Crippen molar-refractivity contribution in [2.24, 2.45) is 5.92 Å². The first-order chi connectivity index (χ1) is 8.79. The average Bonchev–Trinajstić information content (AvgIpc) is 2.79. The van der Waals surface area contributed by atoms with E-state index in [-0.39, 0.29) is 5.91 Å².